The molecule has 0 spiro atoms. The van der Waals surface area contributed by atoms with E-state index in [0.29, 0.717) is 24.2 Å². The standard InChI is InChI=1S/C16H22N4O2/c21-15(17-7-10-1-2-10)11-3-6-13-14(18-9-20(13)8-11)16(22)19-12-4-5-12/h9-12H,1-8H2,(H,17,21)(H,19,22). The Morgan fingerprint density at radius 1 is 1.23 bits per heavy atom. The van der Waals surface area contributed by atoms with Crippen LogP contribution in [0.3, 0.4) is 0 Å². The zero-order chi connectivity index (χ0) is 15.1. The van der Waals surface area contributed by atoms with Crippen LogP contribution in [0.4, 0.5) is 0 Å². The monoisotopic (exact) mass is 302 g/mol. The number of nitrogens with zero attached hydrogens (tertiary/aromatic N) is 2. The summed E-state index contributed by atoms with van der Waals surface area (Å²) in [4.78, 5) is 28.6. The lowest BCUT2D eigenvalue weighted by Crippen LogP contribution is -2.37. The van der Waals surface area contributed by atoms with Gasteiger partial charge in [0, 0.05) is 19.1 Å². The molecule has 0 aromatic carbocycles. The Hall–Kier alpha value is -1.85. The summed E-state index contributed by atoms with van der Waals surface area (Å²) >= 11 is 0. The molecule has 0 bridgehead atoms. The Labute approximate surface area is 129 Å². The molecule has 1 atom stereocenters. The first-order chi connectivity index (χ1) is 10.7. The molecule has 0 saturated heterocycles. The fourth-order valence-corrected chi connectivity index (χ4v) is 3.06. The van der Waals surface area contributed by atoms with E-state index in [1.54, 1.807) is 6.33 Å². The van der Waals surface area contributed by atoms with Gasteiger partial charge in [0.05, 0.1) is 17.9 Å². The van der Waals surface area contributed by atoms with Crippen LogP contribution in [-0.4, -0.2) is 34.0 Å². The fourth-order valence-electron chi connectivity index (χ4n) is 3.06. The molecule has 2 saturated carbocycles. The Morgan fingerprint density at radius 3 is 2.77 bits per heavy atom. The van der Waals surface area contributed by atoms with Crippen LogP contribution in [0, 0.1) is 11.8 Å². The summed E-state index contributed by atoms with van der Waals surface area (Å²) in [5.41, 5.74) is 1.52. The van der Waals surface area contributed by atoms with Gasteiger partial charge in [-0.25, -0.2) is 4.98 Å². The van der Waals surface area contributed by atoms with Gasteiger partial charge in [-0.1, -0.05) is 0 Å². The fraction of sp³-hybridized carbons (Fsp3) is 0.688. The zero-order valence-electron chi connectivity index (χ0n) is 12.7. The third-order valence-corrected chi connectivity index (χ3v) is 4.85. The summed E-state index contributed by atoms with van der Waals surface area (Å²) in [6.07, 6.45) is 7.89. The summed E-state index contributed by atoms with van der Waals surface area (Å²) in [6, 6.07) is 0.342. The number of imidazole rings is 1. The molecule has 6 heteroatoms. The number of hydrogen-bond acceptors (Lipinski definition) is 3. The van der Waals surface area contributed by atoms with Crippen molar-refractivity contribution in [3.63, 3.8) is 0 Å². The van der Waals surface area contributed by atoms with Crippen molar-refractivity contribution in [3.8, 4) is 0 Å². The third-order valence-electron chi connectivity index (χ3n) is 4.85. The van der Waals surface area contributed by atoms with E-state index < -0.39 is 0 Å². The van der Waals surface area contributed by atoms with E-state index in [9.17, 15) is 9.59 Å². The van der Waals surface area contributed by atoms with Gasteiger partial charge in [0.2, 0.25) is 5.91 Å². The topological polar surface area (TPSA) is 76.0 Å². The molecule has 118 valence electrons. The van der Waals surface area contributed by atoms with Crippen molar-refractivity contribution in [2.24, 2.45) is 11.8 Å². The van der Waals surface area contributed by atoms with E-state index in [4.69, 9.17) is 0 Å². The first-order valence-electron chi connectivity index (χ1n) is 8.33. The Morgan fingerprint density at radius 2 is 2.05 bits per heavy atom. The molecule has 1 aliphatic heterocycles. The maximum atomic E-state index is 12.2. The number of aromatic nitrogens is 2. The van der Waals surface area contributed by atoms with E-state index in [1.807, 2.05) is 4.57 Å². The molecule has 1 aromatic rings. The molecule has 0 radical (unpaired) electrons. The molecule has 4 rings (SSSR count). The molecule has 2 fully saturated rings. The van der Waals surface area contributed by atoms with Crippen LogP contribution in [0.25, 0.3) is 0 Å². The van der Waals surface area contributed by atoms with Gasteiger partial charge in [0.15, 0.2) is 0 Å². The van der Waals surface area contributed by atoms with Gasteiger partial charge in [-0.15, -0.1) is 0 Å². The molecule has 2 aliphatic carbocycles. The second-order valence-corrected chi connectivity index (χ2v) is 6.86. The van der Waals surface area contributed by atoms with E-state index in [2.05, 4.69) is 15.6 Å². The smallest absolute Gasteiger partial charge is 0.271 e. The van der Waals surface area contributed by atoms with Gasteiger partial charge < -0.3 is 15.2 Å². The highest BCUT2D eigenvalue weighted by molar-refractivity contribution is 5.94. The molecular weight excluding hydrogens is 280 g/mol. The second-order valence-electron chi connectivity index (χ2n) is 6.86. The van der Waals surface area contributed by atoms with Crippen LogP contribution in [0.2, 0.25) is 0 Å². The number of carbonyl (C=O) groups is 2. The SMILES string of the molecule is O=C(NC1CC1)c1ncn2c1CCC(C(=O)NCC1CC1)C2. The molecule has 1 aromatic heterocycles. The summed E-state index contributed by atoms with van der Waals surface area (Å²) in [7, 11) is 0. The van der Waals surface area contributed by atoms with Crippen LogP contribution < -0.4 is 10.6 Å². The van der Waals surface area contributed by atoms with Crippen LogP contribution in [0.1, 0.15) is 48.3 Å². The number of rotatable bonds is 5. The van der Waals surface area contributed by atoms with Crippen molar-refractivity contribution < 1.29 is 9.59 Å². The van der Waals surface area contributed by atoms with Crippen molar-refractivity contribution in [1.82, 2.24) is 20.2 Å². The highest BCUT2D eigenvalue weighted by Gasteiger charge is 2.31. The van der Waals surface area contributed by atoms with Gasteiger partial charge in [0.1, 0.15) is 5.69 Å². The largest absolute Gasteiger partial charge is 0.356 e. The van der Waals surface area contributed by atoms with E-state index in [0.717, 1.165) is 37.9 Å². The van der Waals surface area contributed by atoms with Gasteiger partial charge in [-0.3, -0.25) is 9.59 Å². The van der Waals surface area contributed by atoms with Crippen molar-refractivity contribution in [1.29, 1.82) is 0 Å². The van der Waals surface area contributed by atoms with Crippen molar-refractivity contribution in [2.75, 3.05) is 6.54 Å². The van der Waals surface area contributed by atoms with Crippen molar-refractivity contribution in [2.45, 2.75) is 51.1 Å². The molecular formula is C16H22N4O2. The Kier molecular flexibility index (Phi) is 3.39. The van der Waals surface area contributed by atoms with Crippen LogP contribution >= 0.6 is 0 Å². The van der Waals surface area contributed by atoms with Gasteiger partial charge in [0.25, 0.3) is 5.91 Å². The average molecular weight is 302 g/mol. The lowest BCUT2D eigenvalue weighted by atomic mass is 9.96. The van der Waals surface area contributed by atoms with Crippen LogP contribution in [0.15, 0.2) is 6.33 Å². The maximum Gasteiger partial charge on any atom is 0.271 e. The highest BCUT2D eigenvalue weighted by Crippen LogP contribution is 2.28. The molecule has 1 unspecified atom stereocenters. The molecule has 6 nitrogen and oxygen atoms in total. The summed E-state index contributed by atoms with van der Waals surface area (Å²) < 4.78 is 1.98. The average Bonchev–Trinajstić information content (AvgIpc) is 3.44. The van der Waals surface area contributed by atoms with Gasteiger partial charge in [-0.05, 0) is 44.4 Å². The minimum atomic E-state index is -0.0621. The lowest BCUT2D eigenvalue weighted by Gasteiger charge is -2.24. The lowest BCUT2D eigenvalue weighted by molar-refractivity contribution is -0.126. The normalized spacial score (nSPS) is 23.7. The quantitative estimate of drug-likeness (QED) is 0.847. The number of nitrogens with one attached hydrogen (secondary N) is 2. The molecule has 22 heavy (non-hydrogen) atoms. The predicted molar refractivity (Wildman–Crippen MR) is 80.3 cm³/mol. The first kappa shape index (κ1) is 13.8. The number of hydrogen-bond donors (Lipinski definition) is 2. The van der Waals surface area contributed by atoms with Gasteiger partial charge >= 0.3 is 0 Å². The third kappa shape index (κ3) is 2.87. The van der Waals surface area contributed by atoms with E-state index in [-0.39, 0.29) is 17.7 Å². The Balaban J connectivity index is 1.39. The highest BCUT2D eigenvalue weighted by atomic mass is 16.2. The number of amides is 2. The van der Waals surface area contributed by atoms with Crippen LogP contribution in [-0.2, 0) is 17.8 Å². The van der Waals surface area contributed by atoms with E-state index >= 15 is 0 Å². The van der Waals surface area contributed by atoms with Crippen molar-refractivity contribution in [3.05, 3.63) is 17.7 Å². The Bertz CT molecular complexity index is 601. The number of fused-ring (bicyclic) bond motifs is 1. The molecule has 2 amide bonds. The minimum Gasteiger partial charge on any atom is -0.356 e. The summed E-state index contributed by atoms with van der Waals surface area (Å²) in [5.74, 6) is 0.789. The zero-order valence-corrected chi connectivity index (χ0v) is 12.7. The molecule has 2 N–H and O–H groups in total. The number of carbonyl (C=O) groups excluding carboxylic acids is 2. The molecule has 3 aliphatic rings. The van der Waals surface area contributed by atoms with E-state index in [1.165, 1.54) is 12.8 Å². The van der Waals surface area contributed by atoms with Crippen molar-refractivity contribution >= 4 is 11.8 Å². The summed E-state index contributed by atoms with van der Waals surface area (Å²) in [6.45, 7) is 1.46. The summed E-state index contributed by atoms with van der Waals surface area (Å²) in [5, 5.41) is 6.04. The van der Waals surface area contributed by atoms with Crippen LogP contribution in [0.5, 0.6) is 0 Å². The first-order valence-corrected chi connectivity index (χ1v) is 8.33. The maximum absolute atomic E-state index is 12.2. The second kappa shape index (κ2) is 5.41. The molecule has 2 heterocycles. The predicted octanol–water partition coefficient (Wildman–Crippen LogP) is 0.864. The van der Waals surface area contributed by atoms with Gasteiger partial charge in [-0.2, -0.15) is 0 Å². The minimum absolute atomic E-state index is 0.000191.